The van der Waals surface area contributed by atoms with Crippen molar-refractivity contribution >= 4 is 0 Å². The summed E-state index contributed by atoms with van der Waals surface area (Å²) in [7, 11) is 1.55. The molecule has 0 amide bonds. The summed E-state index contributed by atoms with van der Waals surface area (Å²) in [6.07, 6.45) is 3.62. The summed E-state index contributed by atoms with van der Waals surface area (Å²) in [6.45, 7) is 7.40. The molecule has 1 aromatic rings. The molecule has 0 saturated heterocycles. The van der Waals surface area contributed by atoms with Gasteiger partial charge in [-0.2, -0.15) is 0 Å². The van der Waals surface area contributed by atoms with Crippen LogP contribution in [-0.4, -0.2) is 13.7 Å². The van der Waals surface area contributed by atoms with E-state index in [2.05, 4.69) is 19.2 Å². The van der Waals surface area contributed by atoms with Gasteiger partial charge in [0.1, 0.15) is 11.6 Å². The van der Waals surface area contributed by atoms with Gasteiger partial charge in [-0.1, -0.05) is 32.8 Å². The van der Waals surface area contributed by atoms with Gasteiger partial charge in [0.05, 0.1) is 7.11 Å². The lowest BCUT2D eigenvalue weighted by molar-refractivity contribution is 0.409. The molecule has 1 atom stereocenters. The third-order valence-corrected chi connectivity index (χ3v) is 3.33. The van der Waals surface area contributed by atoms with Gasteiger partial charge >= 0.3 is 0 Å². The zero-order valence-corrected chi connectivity index (χ0v) is 12.5. The van der Waals surface area contributed by atoms with Gasteiger partial charge in [-0.05, 0) is 31.9 Å². The Balaban J connectivity index is 2.39. The van der Waals surface area contributed by atoms with Crippen molar-refractivity contribution in [3.05, 3.63) is 29.6 Å². The van der Waals surface area contributed by atoms with Crippen molar-refractivity contribution in [1.29, 1.82) is 0 Å². The molecule has 19 heavy (non-hydrogen) atoms. The van der Waals surface area contributed by atoms with Crippen molar-refractivity contribution in [2.24, 2.45) is 5.92 Å². The van der Waals surface area contributed by atoms with Crippen molar-refractivity contribution in [2.75, 3.05) is 13.7 Å². The number of nitrogens with one attached hydrogen (secondary N) is 1. The maximum Gasteiger partial charge on any atom is 0.131 e. The molecule has 0 spiro atoms. The number of benzene rings is 1. The van der Waals surface area contributed by atoms with Crippen molar-refractivity contribution < 1.29 is 9.13 Å². The van der Waals surface area contributed by atoms with Crippen LogP contribution in [0.25, 0.3) is 0 Å². The second-order valence-electron chi connectivity index (χ2n) is 5.45. The standard InChI is InChI=1S/C16H26FNO/c1-12(2)7-5-6-10-18-13(3)15-9-8-14(19-4)11-16(15)17/h8-9,11-13,18H,5-7,10H2,1-4H3. The molecule has 0 fully saturated rings. The fourth-order valence-electron chi connectivity index (χ4n) is 2.09. The van der Waals surface area contributed by atoms with E-state index in [9.17, 15) is 4.39 Å². The van der Waals surface area contributed by atoms with Gasteiger partial charge in [0, 0.05) is 17.7 Å². The summed E-state index contributed by atoms with van der Waals surface area (Å²) in [5, 5.41) is 3.37. The minimum atomic E-state index is -0.207. The Morgan fingerprint density at radius 2 is 1.95 bits per heavy atom. The normalized spacial score (nSPS) is 12.7. The number of unbranched alkanes of at least 4 members (excludes halogenated alkanes) is 1. The van der Waals surface area contributed by atoms with E-state index >= 15 is 0 Å². The Kier molecular flexibility index (Phi) is 6.85. The van der Waals surface area contributed by atoms with Gasteiger partial charge in [-0.15, -0.1) is 0 Å². The van der Waals surface area contributed by atoms with E-state index in [0.717, 1.165) is 18.9 Å². The van der Waals surface area contributed by atoms with E-state index in [4.69, 9.17) is 4.74 Å². The summed E-state index contributed by atoms with van der Waals surface area (Å²) < 4.78 is 18.9. The highest BCUT2D eigenvalue weighted by Crippen LogP contribution is 2.21. The minimum absolute atomic E-state index is 0.0324. The van der Waals surface area contributed by atoms with Crippen LogP contribution in [0.3, 0.4) is 0 Å². The van der Waals surface area contributed by atoms with E-state index in [1.807, 2.05) is 6.92 Å². The van der Waals surface area contributed by atoms with Crippen LogP contribution in [0.1, 0.15) is 51.6 Å². The van der Waals surface area contributed by atoms with Gasteiger partial charge in [0.25, 0.3) is 0 Å². The zero-order chi connectivity index (χ0) is 14.3. The average Bonchev–Trinajstić information content (AvgIpc) is 2.37. The second kappa shape index (κ2) is 8.16. The van der Waals surface area contributed by atoms with Crippen molar-refractivity contribution in [1.82, 2.24) is 5.32 Å². The lowest BCUT2D eigenvalue weighted by Gasteiger charge is -2.16. The van der Waals surface area contributed by atoms with Crippen LogP contribution in [0, 0.1) is 11.7 Å². The minimum Gasteiger partial charge on any atom is -0.497 e. The molecule has 108 valence electrons. The molecule has 1 rings (SSSR count). The average molecular weight is 267 g/mol. The molecule has 1 aromatic carbocycles. The molecule has 0 aliphatic heterocycles. The van der Waals surface area contributed by atoms with E-state index in [1.54, 1.807) is 19.2 Å². The van der Waals surface area contributed by atoms with E-state index in [1.165, 1.54) is 18.9 Å². The topological polar surface area (TPSA) is 21.3 Å². The van der Waals surface area contributed by atoms with E-state index in [0.29, 0.717) is 11.3 Å². The van der Waals surface area contributed by atoms with Crippen LogP contribution >= 0.6 is 0 Å². The van der Waals surface area contributed by atoms with Crippen LogP contribution in [0.2, 0.25) is 0 Å². The smallest absolute Gasteiger partial charge is 0.131 e. The van der Waals surface area contributed by atoms with E-state index < -0.39 is 0 Å². The molecule has 0 heterocycles. The Morgan fingerprint density at radius 1 is 1.21 bits per heavy atom. The zero-order valence-electron chi connectivity index (χ0n) is 12.5. The molecule has 0 aliphatic rings. The van der Waals surface area contributed by atoms with Gasteiger partial charge in [-0.25, -0.2) is 4.39 Å². The highest BCUT2D eigenvalue weighted by molar-refractivity contribution is 5.30. The third kappa shape index (κ3) is 5.60. The largest absolute Gasteiger partial charge is 0.497 e. The summed E-state index contributed by atoms with van der Waals surface area (Å²) in [6, 6.07) is 5.06. The van der Waals surface area contributed by atoms with Gasteiger partial charge in [0.15, 0.2) is 0 Å². The van der Waals surface area contributed by atoms with Crippen molar-refractivity contribution in [3.63, 3.8) is 0 Å². The summed E-state index contributed by atoms with van der Waals surface area (Å²) >= 11 is 0. The molecular weight excluding hydrogens is 241 g/mol. The number of halogens is 1. The molecule has 3 heteroatoms. The number of hydrogen-bond acceptors (Lipinski definition) is 2. The second-order valence-corrected chi connectivity index (χ2v) is 5.45. The highest BCUT2D eigenvalue weighted by Gasteiger charge is 2.10. The maximum atomic E-state index is 13.8. The predicted octanol–water partition coefficient (Wildman–Crippen LogP) is 4.31. The van der Waals surface area contributed by atoms with Gasteiger partial charge < -0.3 is 10.1 Å². The summed E-state index contributed by atoms with van der Waals surface area (Å²) in [4.78, 5) is 0. The molecule has 1 unspecified atom stereocenters. The fourth-order valence-corrected chi connectivity index (χ4v) is 2.09. The lowest BCUT2D eigenvalue weighted by atomic mass is 10.1. The molecule has 0 radical (unpaired) electrons. The molecule has 0 saturated carbocycles. The molecular formula is C16H26FNO. The molecule has 0 aliphatic carbocycles. The van der Waals surface area contributed by atoms with Gasteiger partial charge in [0.2, 0.25) is 0 Å². The predicted molar refractivity (Wildman–Crippen MR) is 78.1 cm³/mol. The molecule has 1 N–H and O–H groups in total. The van der Waals surface area contributed by atoms with Crippen LogP contribution < -0.4 is 10.1 Å². The number of hydrogen-bond donors (Lipinski definition) is 1. The first-order valence-corrected chi connectivity index (χ1v) is 7.11. The lowest BCUT2D eigenvalue weighted by Crippen LogP contribution is -2.20. The summed E-state index contributed by atoms with van der Waals surface area (Å²) in [5.41, 5.74) is 0.699. The van der Waals surface area contributed by atoms with Crippen LogP contribution in [0.4, 0.5) is 4.39 Å². The van der Waals surface area contributed by atoms with Crippen LogP contribution in [-0.2, 0) is 0 Å². The fraction of sp³-hybridized carbons (Fsp3) is 0.625. The monoisotopic (exact) mass is 267 g/mol. The SMILES string of the molecule is COc1ccc(C(C)NCCCCC(C)C)c(F)c1. The molecule has 2 nitrogen and oxygen atoms in total. The first-order valence-electron chi connectivity index (χ1n) is 7.11. The molecule has 0 aromatic heterocycles. The highest BCUT2D eigenvalue weighted by atomic mass is 19.1. The Morgan fingerprint density at radius 3 is 2.53 bits per heavy atom. The first-order chi connectivity index (χ1) is 9.04. The Bertz CT molecular complexity index is 379. The molecule has 0 bridgehead atoms. The Labute approximate surface area is 116 Å². The number of methoxy groups -OCH3 is 1. The summed E-state index contributed by atoms with van der Waals surface area (Å²) in [5.74, 6) is 1.11. The number of ether oxygens (including phenoxy) is 1. The maximum absolute atomic E-state index is 13.8. The van der Waals surface area contributed by atoms with E-state index in [-0.39, 0.29) is 11.9 Å². The van der Waals surface area contributed by atoms with Crippen molar-refractivity contribution in [2.45, 2.75) is 46.1 Å². The number of rotatable bonds is 8. The van der Waals surface area contributed by atoms with Gasteiger partial charge in [-0.3, -0.25) is 0 Å². The quantitative estimate of drug-likeness (QED) is 0.709. The first kappa shape index (κ1) is 16.0. The third-order valence-electron chi connectivity index (χ3n) is 3.33. The van der Waals surface area contributed by atoms with Crippen LogP contribution in [0.5, 0.6) is 5.75 Å². The Hall–Kier alpha value is -1.09. The van der Waals surface area contributed by atoms with Crippen LogP contribution in [0.15, 0.2) is 18.2 Å². The van der Waals surface area contributed by atoms with Crippen molar-refractivity contribution in [3.8, 4) is 5.75 Å².